The van der Waals surface area contributed by atoms with Crippen LogP contribution < -0.4 is 0 Å². The molecule has 2 aromatic heterocycles. The number of carbonyl (C=O) groups excluding carboxylic acids is 1. The summed E-state index contributed by atoms with van der Waals surface area (Å²) in [6.07, 6.45) is 1.66. The van der Waals surface area contributed by atoms with Crippen LogP contribution in [0.5, 0.6) is 5.75 Å². The lowest BCUT2D eigenvalue weighted by Crippen LogP contribution is -2.20. The predicted molar refractivity (Wildman–Crippen MR) is 118 cm³/mol. The van der Waals surface area contributed by atoms with Gasteiger partial charge in [-0.2, -0.15) is 0 Å². The van der Waals surface area contributed by atoms with E-state index in [4.69, 9.17) is 0 Å². The molecule has 0 aliphatic heterocycles. The van der Waals surface area contributed by atoms with Gasteiger partial charge in [0, 0.05) is 41.7 Å². The molecule has 4 rings (SSSR count). The molecular weight excluding hydrogens is 364 g/mol. The van der Waals surface area contributed by atoms with Crippen LogP contribution in [-0.4, -0.2) is 51.8 Å². The summed E-state index contributed by atoms with van der Waals surface area (Å²) in [6.45, 7) is 4.49. The van der Waals surface area contributed by atoms with Crippen LogP contribution in [0, 0.1) is 6.92 Å². The minimum Gasteiger partial charge on any atom is -0.507 e. The maximum absolute atomic E-state index is 12.9. The van der Waals surface area contributed by atoms with E-state index in [-0.39, 0.29) is 11.7 Å². The summed E-state index contributed by atoms with van der Waals surface area (Å²) in [4.78, 5) is 23.5. The molecule has 0 spiro atoms. The topological polar surface area (TPSA) is 70.7 Å². The summed E-state index contributed by atoms with van der Waals surface area (Å²) in [7, 11) is 5.87. The second kappa shape index (κ2) is 6.97. The highest BCUT2D eigenvalue weighted by Crippen LogP contribution is 2.39. The first kappa shape index (κ1) is 19.1. The Morgan fingerprint density at radius 3 is 2.69 bits per heavy atom. The molecule has 148 valence electrons. The Balaban J connectivity index is 2.03. The third kappa shape index (κ3) is 3.06. The zero-order valence-electron chi connectivity index (χ0n) is 17.3. The Kier molecular flexibility index (Phi) is 4.59. The molecule has 6 nitrogen and oxygen atoms in total. The molecule has 2 heterocycles. The van der Waals surface area contributed by atoms with E-state index in [2.05, 4.69) is 14.5 Å². The number of fused-ring (bicyclic) bond motifs is 4. The van der Waals surface area contributed by atoms with E-state index in [9.17, 15) is 9.90 Å². The average molecular weight is 388 g/mol. The fraction of sp³-hybridized carbons (Fsp3) is 0.261. The number of aryl methyl sites for hydroxylation is 2. The molecule has 1 N–H and O–H groups in total. The minimum absolute atomic E-state index is 0.225. The first-order chi connectivity index (χ1) is 13.8. The molecule has 0 saturated heterocycles. The molecule has 0 aliphatic carbocycles. The van der Waals surface area contributed by atoms with Gasteiger partial charge in [0.1, 0.15) is 11.4 Å². The summed E-state index contributed by atoms with van der Waals surface area (Å²) in [5.41, 5.74) is 4.09. The molecule has 0 saturated carbocycles. The van der Waals surface area contributed by atoms with Crippen LogP contribution in [0.1, 0.15) is 23.0 Å². The minimum atomic E-state index is -0.349. The Morgan fingerprint density at radius 1 is 1.21 bits per heavy atom. The third-order valence-electron chi connectivity index (χ3n) is 5.32. The van der Waals surface area contributed by atoms with Gasteiger partial charge in [-0.15, -0.1) is 0 Å². The lowest BCUT2D eigenvalue weighted by Gasteiger charge is -2.10. The SMILES string of the molecule is CC(CN(C)C)=NC(=O)c1nccc2c(C)c3c(cc12)c1c(O)cccc1n3C. The van der Waals surface area contributed by atoms with Crippen LogP contribution >= 0.6 is 0 Å². The number of nitrogens with zero attached hydrogens (tertiary/aromatic N) is 4. The Hall–Kier alpha value is -3.25. The molecule has 4 aromatic rings. The zero-order valence-corrected chi connectivity index (χ0v) is 17.3. The molecule has 0 aliphatic rings. The van der Waals surface area contributed by atoms with Crippen LogP contribution in [0.25, 0.3) is 32.6 Å². The van der Waals surface area contributed by atoms with Gasteiger partial charge in [-0.25, -0.2) is 4.99 Å². The summed E-state index contributed by atoms with van der Waals surface area (Å²) < 4.78 is 2.08. The first-order valence-corrected chi connectivity index (χ1v) is 9.51. The molecule has 0 radical (unpaired) electrons. The van der Waals surface area contributed by atoms with Crippen molar-refractivity contribution in [3.8, 4) is 5.75 Å². The largest absolute Gasteiger partial charge is 0.507 e. The zero-order chi connectivity index (χ0) is 20.9. The normalized spacial score (nSPS) is 12.6. The smallest absolute Gasteiger partial charge is 0.296 e. The highest BCUT2D eigenvalue weighted by Gasteiger charge is 2.19. The van der Waals surface area contributed by atoms with Gasteiger partial charge in [-0.05, 0) is 63.2 Å². The molecule has 2 aromatic carbocycles. The number of benzene rings is 2. The number of aliphatic imine (C=N–C) groups is 1. The first-order valence-electron chi connectivity index (χ1n) is 9.51. The van der Waals surface area contributed by atoms with E-state index >= 15 is 0 Å². The predicted octanol–water partition coefficient (Wildman–Crippen LogP) is 4.06. The van der Waals surface area contributed by atoms with Gasteiger partial charge >= 0.3 is 0 Å². The number of pyridine rings is 1. The Labute approximate surface area is 169 Å². The average Bonchev–Trinajstić information content (AvgIpc) is 2.94. The van der Waals surface area contributed by atoms with E-state index in [1.807, 2.05) is 64.2 Å². The Morgan fingerprint density at radius 2 is 1.97 bits per heavy atom. The number of aromatic nitrogens is 2. The number of hydrogen-bond acceptors (Lipinski definition) is 4. The molecule has 1 amide bonds. The number of carbonyl (C=O) groups is 1. The van der Waals surface area contributed by atoms with Crippen LogP contribution in [0.3, 0.4) is 0 Å². The molecular formula is C23H24N4O2. The lowest BCUT2D eigenvalue weighted by atomic mass is 10.00. The summed E-state index contributed by atoms with van der Waals surface area (Å²) in [6, 6.07) is 9.39. The van der Waals surface area contributed by atoms with Gasteiger partial charge in [0.25, 0.3) is 5.91 Å². The van der Waals surface area contributed by atoms with Crippen molar-refractivity contribution in [3.05, 3.63) is 47.8 Å². The van der Waals surface area contributed by atoms with Crippen molar-refractivity contribution in [1.82, 2.24) is 14.5 Å². The molecule has 29 heavy (non-hydrogen) atoms. The van der Waals surface area contributed by atoms with Gasteiger partial charge in [0.05, 0.1) is 11.0 Å². The third-order valence-corrected chi connectivity index (χ3v) is 5.32. The molecule has 0 unspecified atom stereocenters. The van der Waals surface area contributed by atoms with Gasteiger partial charge in [0.15, 0.2) is 0 Å². The quantitative estimate of drug-likeness (QED) is 0.538. The van der Waals surface area contributed by atoms with Crippen molar-refractivity contribution < 1.29 is 9.90 Å². The summed E-state index contributed by atoms with van der Waals surface area (Å²) >= 11 is 0. The number of amides is 1. The van der Waals surface area contributed by atoms with Crippen molar-refractivity contribution >= 4 is 44.2 Å². The Bertz CT molecular complexity index is 1320. The van der Waals surface area contributed by atoms with Gasteiger partial charge in [0.2, 0.25) is 0 Å². The second-order valence-corrected chi connectivity index (χ2v) is 7.77. The van der Waals surface area contributed by atoms with Crippen molar-refractivity contribution in [3.63, 3.8) is 0 Å². The fourth-order valence-electron chi connectivity index (χ4n) is 4.21. The molecule has 6 heteroatoms. The highest BCUT2D eigenvalue weighted by atomic mass is 16.3. The second-order valence-electron chi connectivity index (χ2n) is 7.77. The van der Waals surface area contributed by atoms with Crippen LogP contribution in [0.4, 0.5) is 0 Å². The lowest BCUT2D eigenvalue weighted by molar-refractivity contribution is 0.0999. The van der Waals surface area contributed by atoms with Crippen LogP contribution in [0.15, 0.2) is 41.5 Å². The molecule has 0 bridgehead atoms. The van der Waals surface area contributed by atoms with E-state index in [1.165, 1.54) is 0 Å². The number of phenols is 1. The van der Waals surface area contributed by atoms with Crippen molar-refractivity contribution in [2.45, 2.75) is 13.8 Å². The fourth-order valence-corrected chi connectivity index (χ4v) is 4.21. The molecule has 0 fully saturated rings. The molecule has 0 atom stereocenters. The van der Waals surface area contributed by atoms with Gasteiger partial charge in [-0.3, -0.25) is 9.78 Å². The monoisotopic (exact) mass is 388 g/mol. The maximum atomic E-state index is 12.9. The number of rotatable bonds is 3. The van der Waals surface area contributed by atoms with Crippen molar-refractivity contribution in [2.24, 2.45) is 12.0 Å². The highest BCUT2D eigenvalue weighted by molar-refractivity contribution is 6.19. The van der Waals surface area contributed by atoms with E-state index in [0.717, 1.165) is 43.9 Å². The van der Waals surface area contributed by atoms with Gasteiger partial charge in [-0.1, -0.05) is 6.07 Å². The summed E-state index contributed by atoms with van der Waals surface area (Å²) in [5.74, 6) is -0.123. The number of phenolic OH excluding ortho intramolecular Hbond substituents is 1. The van der Waals surface area contributed by atoms with Crippen molar-refractivity contribution in [2.75, 3.05) is 20.6 Å². The summed E-state index contributed by atoms with van der Waals surface area (Å²) in [5, 5.41) is 13.9. The van der Waals surface area contributed by atoms with E-state index in [1.54, 1.807) is 12.3 Å². The van der Waals surface area contributed by atoms with Crippen molar-refractivity contribution in [1.29, 1.82) is 0 Å². The van der Waals surface area contributed by atoms with Crippen LogP contribution in [-0.2, 0) is 7.05 Å². The van der Waals surface area contributed by atoms with E-state index < -0.39 is 0 Å². The number of hydrogen-bond donors (Lipinski definition) is 1. The standard InChI is InChI=1S/C23H24N4O2/c1-13(12-26(3)4)25-23(29)21-16-11-17-20-18(7-6-8-19(20)28)27(5)22(17)14(2)15(16)9-10-24-21/h6-11,28H,12H2,1-5H3. The van der Waals surface area contributed by atoms with Crippen LogP contribution in [0.2, 0.25) is 0 Å². The maximum Gasteiger partial charge on any atom is 0.296 e. The van der Waals surface area contributed by atoms with Gasteiger partial charge < -0.3 is 14.6 Å². The van der Waals surface area contributed by atoms with E-state index in [0.29, 0.717) is 12.2 Å². The number of aromatic hydroxyl groups is 1.